The van der Waals surface area contributed by atoms with Crippen molar-refractivity contribution in [2.24, 2.45) is 0 Å². The molecular weight excluding hydrogens is 252 g/mol. The van der Waals surface area contributed by atoms with Gasteiger partial charge in [0.2, 0.25) is 0 Å². The number of benzene rings is 1. The standard InChI is InChI=1S/C12H14N2O5/c1-13-12(17)14-9-6-7(10(15)18-2)4-5-8(9)11(16)19-3/h4-6H,1-3H3,(H2,13,14,17). The Morgan fingerprint density at radius 1 is 1.05 bits per heavy atom. The van der Waals surface area contributed by atoms with Crippen LogP contribution in [0.5, 0.6) is 0 Å². The summed E-state index contributed by atoms with van der Waals surface area (Å²) >= 11 is 0. The molecule has 1 aromatic carbocycles. The molecule has 2 N–H and O–H groups in total. The van der Waals surface area contributed by atoms with Gasteiger partial charge < -0.3 is 20.1 Å². The largest absolute Gasteiger partial charge is 0.465 e. The lowest BCUT2D eigenvalue weighted by atomic mass is 10.1. The fourth-order valence-corrected chi connectivity index (χ4v) is 1.37. The van der Waals surface area contributed by atoms with Crippen LogP contribution in [-0.2, 0) is 9.47 Å². The molecule has 102 valence electrons. The van der Waals surface area contributed by atoms with E-state index in [9.17, 15) is 14.4 Å². The van der Waals surface area contributed by atoms with Gasteiger partial charge in [-0.15, -0.1) is 0 Å². The molecule has 0 bridgehead atoms. The number of ether oxygens (including phenoxy) is 2. The van der Waals surface area contributed by atoms with Gasteiger partial charge >= 0.3 is 18.0 Å². The van der Waals surface area contributed by atoms with Crippen molar-refractivity contribution in [1.29, 1.82) is 0 Å². The quantitative estimate of drug-likeness (QED) is 0.796. The predicted molar refractivity (Wildman–Crippen MR) is 67.2 cm³/mol. The SMILES string of the molecule is CNC(=O)Nc1cc(C(=O)OC)ccc1C(=O)OC. The zero-order chi connectivity index (χ0) is 14.4. The summed E-state index contributed by atoms with van der Waals surface area (Å²) in [6.07, 6.45) is 0. The zero-order valence-corrected chi connectivity index (χ0v) is 10.8. The van der Waals surface area contributed by atoms with Crippen LogP contribution in [-0.4, -0.2) is 39.2 Å². The van der Waals surface area contributed by atoms with Crippen LogP contribution in [0, 0.1) is 0 Å². The van der Waals surface area contributed by atoms with Crippen molar-refractivity contribution in [3.63, 3.8) is 0 Å². The predicted octanol–water partition coefficient (Wildman–Crippen LogP) is 1.01. The Morgan fingerprint density at radius 3 is 2.21 bits per heavy atom. The number of hydrogen-bond donors (Lipinski definition) is 2. The fraction of sp³-hybridized carbons (Fsp3) is 0.250. The monoisotopic (exact) mass is 266 g/mol. The summed E-state index contributed by atoms with van der Waals surface area (Å²) in [5.41, 5.74) is 0.509. The average molecular weight is 266 g/mol. The molecule has 19 heavy (non-hydrogen) atoms. The summed E-state index contributed by atoms with van der Waals surface area (Å²) in [5.74, 6) is -1.20. The van der Waals surface area contributed by atoms with Crippen LogP contribution in [0.3, 0.4) is 0 Å². The van der Waals surface area contributed by atoms with Gasteiger partial charge in [0.25, 0.3) is 0 Å². The lowest BCUT2D eigenvalue weighted by Crippen LogP contribution is -2.26. The summed E-state index contributed by atoms with van der Waals surface area (Å²) < 4.78 is 9.16. The van der Waals surface area contributed by atoms with Crippen LogP contribution < -0.4 is 10.6 Å². The normalized spacial score (nSPS) is 9.42. The molecular formula is C12H14N2O5. The highest BCUT2D eigenvalue weighted by atomic mass is 16.5. The van der Waals surface area contributed by atoms with E-state index in [1.165, 1.54) is 39.5 Å². The van der Waals surface area contributed by atoms with Crippen LogP contribution >= 0.6 is 0 Å². The number of rotatable bonds is 3. The Morgan fingerprint density at radius 2 is 1.68 bits per heavy atom. The number of methoxy groups -OCH3 is 2. The van der Waals surface area contributed by atoms with E-state index in [0.717, 1.165) is 0 Å². The van der Waals surface area contributed by atoms with E-state index in [2.05, 4.69) is 20.1 Å². The summed E-state index contributed by atoms with van der Waals surface area (Å²) in [5, 5.41) is 4.78. The maximum Gasteiger partial charge on any atom is 0.339 e. The maximum absolute atomic E-state index is 11.5. The number of amides is 2. The first-order valence-corrected chi connectivity index (χ1v) is 5.33. The van der Waals surface area contributed by atoms with Crippen LogP contribution in [0.4, 0.5) is 10.5 Å². The van der Waals surface area contributed by atoms with E-state index >= 15 is 0 Å². The molecule has 0 atom stereocenters. The molecule has 7 heteroatoms. The number of carbonyl (C=O) groups is 3. The summed E-state index contributed by atoms with van der Waals surface area (Å²) in [4.78, 5) is 34.3. The molecule has 2 amide bonds. The molecule has 0 aliphatic rings. The van der Waals surface area contributed by atoms with Gasteiger partial charge in [-0.05, 0) is 18.2 Å². The minimum atomic E-state index is -0.622. The van der Waals surface area contributed by atoms with E-state index in [1.807, 2.05) is 0 Å². The van der Waals surface area contributed by atoms with E-state index in [-0.39, 0.29) is 16.8 Å². The third-order valence-corrected chi connectivity index (χ3v) is 2.32. The Balaban J connectivity index is 3.21. The second-order valence-electron chi connectivity index (χ2n) is 3.45. The fourth-order valence-electron chi connectivity index (χ4n) is 1.37. The summed E-state index contributed by atoms with van der Waals surface area (Å²) in [7, 11) is 3.89. The lowest BCUT2D eigenvalue weighted by molar-refractivity contribution is 0.0587. The third kappa shape index (κ3) is 3.44. The molecule has 0 fully saturated rings. The highest BCUT2D eigenvalue weighted by Gasteiger charge is 2.16. The smallest absolute Gasteiger partial charge is 0.339 e. The van der Waals surface area contributed by atoms with Crippen molar-refractivity contribution in [2.45, 2.75) is 0 Å². The zero-order valence-electron chi connectivity index (χ0n) is 10.8. The Labute approximate surface area is 109 Å². The van der Waals surface area contributed by atoms with Crippen molar-refractivity contribution in [3.05, 3.63) is 29.3 Å². The van der Waals surface area contributed by atoms with Crippen LogP contribution in [0.2, 0.25) is 0 Å². The number of anilines is 1. The van der Waals surface area contributed by atoms with Crippen LogP contribution in [0.15, 0.2) is 18.2 Å². The first-order valence-electron chi connectivity index (χ1n) is 5.33. The molecule has 0 unspecified atom stereocenters. The molecule has 0 saturated carbocycles. The van der Waals surface area contributed by atoms with Gasteiger partial charge in [0.05, 0.1) is 31.0 Å². The molecule has 1 rings (SSSR count). The third-order valence-electron chi connectivity index (χ3n) is 2.32. The molecule has 0 saturated heterocycles. The molecule has 0 radical (unpaired) electrons. The van der Waals surface area contributed by atoms with E-state index in [1.54, 1.807) is 0 Å². The topological polar surface area (TPSA) is 93.7 Å². The first kappa shape index (κ1) is 14.5. The number of hydrogen-bond acceptors (Lipinski definition) is 5. The second kappa shape index (κ2) is 6.39. The lowest BCUT2D eigenvalue weighted by Gasteiger charge is -2.10. The van der Waals surface area contributed by atoms with Gasteiger partial charge in [0.15, 0.2) is 0 Å². The molecule has 0 aromatic heterocycles. The highest BCUT2D eigenvalue weighted by molar-refractivity contribution is 6.03. The van der Waals surface area contributed by atoms with Crippen LogP contribution in [0.25, 0.3) is 0 Å². The van der Waals surface area contributed by atoms with Gasteiger partial charge in [0, 0.05) is 7.05 Å². The van der Waals surface area contributed by atoms with Crippen molar-refractivity contribution in [1.82, 2.24) is 5.32 Å². The maximum atomic E-state index is 11.5. The van der Waals surface area contributed by atoms with Crippen molar-refractivity contribution in [2.75, 3.05) is 26.6 Å². The second-order valence-corrected chi connectivity index (χ2v) is 3.45. The Hall–Kier alpha value is -2.57. The molecule has 7 nitrogen and oxygen atoms in total. The molecule has 1 aromatic rings. The van der Waals surface area contributed by atoms with E-state index in [0.29, 0.717) is 0 Å². The van der Waals surface area contributed by atoms with Gasteiger partial charge in [-0.2, -0.15) is 0 Å². The van der Waals surface area contributed by atoms with Gasteiger partial charge in [-0.25, -0.2) is 14.4 Å². The van der Waals surface area contributed by atoms with E-state index < -0.39 is 18.0 Å². The average Bonchev–Trinajstić information content (AvgIpc) is 2.45. The molecule has 0 aliphatic carbocycles. The minimum Gasteiger partial charge on any atom is -0.465 e. The summed E-state index contributed by atoms with van der Waals surface area (Å²) in [6, 6.07) is 3.61. The number of nitrogens with one attached hydrogen (secondary N) is 2. The summed E-state index contributed by atoms with van der Waals surface area (Å²) in [6.45, 7) is 0. The number of carbonyl (C=O) groups excluding carboxylic acids is 3. The minimum absolute atomic E-state index is 0.138. The van der Waals surface area contributed by atoms with E-state index in [4.69, 9.17) is 0 Å². The first-order chi connectivity index (χ1) is 9.03. The molecule has 0 heterocycles. The van der Waals surface area contributed by atoms with Gasteiger partial charge in [0.1, 0.15) is 0 Å². The van der Waals surface area contributed by atoms with Crippen molar-refractivity contribution in [3.8, 4) is 0 Å². The number of esters is 2. The van der Waals surface area contributed by atoms with Gasteiger partial charge in [-0.3, -0.25) is 0 Å². The van der Waals surface area contributed by atoms with Crippen molar-refractivity contribution >= 4 is 23.7 Å². The highest BCUT2D eigenvalue weighted by Crippen LogP contribution is 2.19. The Kier molecular flexibility index (Phi) is 4.87. The van der Waals surface area contributed by atoms with Crippen LogP contribution in [0.1, 0.15) is 20.7 Å². The Bertz CT molecular complexity index is 513. The molecule has 0 aliphatic heterocycles. The van der Waals surface area contributed by atoms with Crippen molar-refractivity contribution < 1.29 is 23.9 Å². The van der Waals surface area contributed by atoms with Gasteiger partial charge in [-0.1, -0.05) is 0 Å². The molecule has 0 spiro atoms. The number of urea groups is 1.